The lowest BCUT2D eigenvalue weighted by molar-refractivity contribution is -0.141. The number of alkyl halides is 3. The maximum Gasteiger partial charge on any atom is 0.419 e. The second-order valence-corrected chi connectivity index (χ2v) is 6.87. The quantitative estimate of drug-likeness (QED) is 0.542. The lowest BCUT2D eigenvalue weighted by Crippen LogP contribution is -2.50. The van der Waals surface area contributed by atoms with E-state index in [1.54, 1.807) is 11.0 Å². The van der Waals surface area contributed by atoms with Gasteiger partial charge in [-0.15, -0.1) is 0 Å². The third kappa shape index (κ3) is 4.90. The molecule has 1 amide bonds. The number of hydrogen-bond acceptors (Lipinski definition) is 4. The van der Waals surface area contributed by atoms with Gasteiger partial charge in [0.25, 0.3) is 5.91 Å². The van der Waals surface area contributed by atoms with Gasteiger partial charge in [0.2, 0.25) is 0 Å². The van der Waals surface area contributed by atoms with Gasteiger partial charge in [-0.1, -0.05) is 12.1 Å². The third-order valence-corrected chi connectivity index (χ3v) is 4.87. The van der Waals surface area contributed by atoms with Crippen LogP contribution in [-0.2, 0) is 11.0 Å². The molecule has 30 heavy (non-hydrogen) atoms. The molecule has 2 aromatic carbocycles. The highest BCUT2D eigenvalue weighted by Crippen LogP contribution is 2.35. The molecule has 0 atom stereocenters. The van der Waals surface area contributed by atoms with Gasteiger partial charge in [0, 0.05) is 31.7 Å². The first kappa shape index (κ1) is 21.6. The summed E-state index contributed by atoms with van der Waals surface area (Å²) in [7, 11) is 0. The van der Waals surface area contributed by atoms with Gasteiger partial charge in [-0.05, 0) is 37.3 Å². The van der Waals surface area contributed by atoms with Crippen LogP contribution in [0.1, 0.15) is 22.8 Å². The Morgan fingerprint density at radius 3 is 2.30 bits per heavy atom. The summed E-state index contributed by atoms with van der Waals surface area (Å²) in [6, 6.07) is 8.97. The summed E-state index contributed by atoms with van der Waals surface area (Å²) in [5.74, 6) is -1.60. The molecular formula is C21H20F4N2O3. The zero-order valence-electron chi connectivity index (χ0n) is 16.2. The molecule has 9 heteroatoms. The van der Waals surface area contributed by atoms with Gasteiger partial charge in [-0.25, -0.2) is 4.39 Å². The number of rotatable bonds is 5. The standard InChI is InChI=1S/C21H20F4N2O3/c1-14(28)15-6-7-18(17(22)12-15)26-8-10-27(11-9-26)20(29)13-30-19-5-3-2-4-16(19)21(23,24)25/h2-7,12H,8-11,13H2,1H3. The van der Waals surface area contributed by atoms with Crippen molar-refractivity contribution in [3.05, 3.63) is 59.4 Å². The van der Waals surface area contributed by atoms with Crippen molar-refractivity contribution < 1.29 is 31.9 Å². The van der Waals surface area contributed by atoms with Crippen LogP contribution in [0.25, 0.3) is 0 Å². The Kier molecular flexibility index (Phi) is 6.28. The fraction of sp³-hybridized carbons (Fsp3) is 0.333. The zero-order chi connectivity index (χ0) is 21.9. The number of Topliss-reactive ketones (excluding diaryl/α,β-unsaturated/α-hetero) is 1. The molecule has 1 aliphatic rings. The van der Waals surface area contributed by atoms with Crippen LogP contribution in [0.5, 0.6) is 5.75 Å². The molecule has 0 unspecified atom stereocenters. The van der Waals surface area contributed by atoms with Crippen LogP contribution in [0, 0.1) is 5.82 Å². The van der Waals surface area contributed by atoms with Crippen LogP contribution in [0.2, 0.25) is 0 Å². The Morgan fingerprint density at radius 2 is 1.70 bits per heavy atom. The number of para-hydroxylation sites is 1. The molecule has 0 aliphatic carbocycles. The molecule has 0 aromatic heterocycles. The fourth-order valence-corrected chi connectivity index (χ4v) is 3.24. The molecule has 1 heterocycles. The minimum absolute atomic E-state index is 0.233. The van der Waals surface area contributed by atoms with E-state index >= 15 is 0 Å². The number of carbonyl (C=O) groups is 2. The Bertz CT molecular complexity index is 938. The van der Waals surface area contributed by atoms with Crippen molar-refractivity contribution >= 4 is 17.4 Å². The van der Waals surface area contributed by atoms with E-state index in [-0.39, 0.29) is 24.4 Å². The van der Waals surface area contributed by atoms with Crippen molar-refractivity contribution in [1.29, 1.82) is 0 Å². The summed E-state index contributed by atoms with van der Waals surface area (Å²) in [6.07, 6.45) is -4.58. The summed E-state index contributed by atoms with van der Waals surface area (Å²) >= 11 is 0. The summed E-state index contributed by atoms with van der Waals surface area (Å²) in [5.41, 5.74) is -0.323. The van der Waals surface area contributed by atoms with Gasteiger partial charge in [-0.3, -0.25) is 9.59 Å². The Morgan fingerprint density at radius 1 is 1.03 bits per heavy atom. The summed E-state index contributed by atoms with van der Waals surface area (Å²) < 4.78 is 58.4. The van der Waals surface area contributed by atoms with Crippen molar-refractivity contribution in [2.24, 2.45) is 0 Å². The van der Waals surface area contributed by atoms with Crippen LogP contribution < -0.4 is 9.64 Å². The number of benzene rings is 2. The largest absolute Gasteiger partial charge is 0.483 e. The molecule has 0 saturated carbocycles. The van der Waals surface area contributed by atoms with Gasteiger partial charge < -0.3 is 14.5 Å². The van der Waals surface area contributed by atoms with E-state index in [0.717, 1.165) is 6.07 Å². The number of ether oxygens (including phenoxy) is 1. The van der Waals surface area contributed by atoms with E-state index in [9.17, 15) is 27.2 Å². The molecule has 0 bridgehead atoms. The fourth-order valence-electron chi connectivity index (χ4n) is 3.24. The summed E-state index contributed by atoms with van der Waals surface area (Å²) in [6.45, 7) is 2.08. The first-order valence-electron chi connectivity index (χ1n) is 9.29. The predicted octanol–water partition coefficient (Wildman–Crippen LogP) is 3.77. The van der Waals surface area contributed by atoms with Gasteiger partial charge >= 0.3 is 6.18 Å². The van der Waals surface area contributed by atoms with E-state index in [2.05, 4.69) is 0 Å². The second kappa shape index (κ2) is 8.73. The third-order valence-electron chi connectivity index (χ3n) is 4.87. The van der Waals surface area contributed by atoms with Gasteiger partial charge in [0.1, 0.15) is 11.6 Å². The van der Waals surface area contributed by atoms with E-state index < -0.39 is 35.8 Å². The molecule has 0 spiro atoms. The topological polar surface area (TPSA) is 49.9 Å². The second-order valence-electron chi connectivity index (χ2n) is 6.87. The average molecular weight is 424 g/mol. The van der Waals surface area contributed by atoms with Crippen molar-refractivity contribution in [3.8, 4) is 5.75 Å². The molecule has 1 fully saturated rings. The molecule has 1 aliphatic heterocycles. The van der Waals surface area contributed by atoms with Gasteiger partial charge in [0.05, 0.1) is 11.3 Å². The van der Waals surface area contributed by atoms with E-state index in [4.69, 9.17) is 4.74 Å². The highest BCUT2D eigenvalue weighted by atomic mass is 19.4. The normalized spacial score (nSPS) is 14.6. The first-order chi connectivity index (χ1) is 14.2. The molecular weight excluding hydrogens is 404 g/mol. The molecule has 160 valence electrons. The number of anilines is 1. The Balaban J connectivity index is 1.57. The average Bonchev–Trinajstić information content (AvgIpc) is 2.71. The number of amides is 1. The minimum atomic E-state index is -4.58. The number of piperazine rings is 1. The number of carbonyl (C=O) groups excluding carboxylic acids is 2. The maximum atomic E-state index is 14.3. The number of hydrogen-bond donors (Lipinski definition) is 0. The van der Waals surface area contributed by atoms with Crippen LogP contribution in [0.3, 0.4) is 0 Å². The highest BCUT2D eigenvalue weighted by molar-refractivity contribution is 5.94. The predicted molar refractivity (Wildman–Crippen MR) is 102 cm³/mol. The minimum Gasteiger partial charge on any atom is -0.483 e. The van der Waals surface area contributed by atoms with E-state index in [1.807, 2.05) is 0 Å². The lowest BCUT2D eigenvalue weighted by Gasteiger charge is -2.36. The van der Waals surface area contributed by atoms with Crippen molar-refractivity contribution in [3.63, 3.8) is 0 Å². The van der Waals surface area contributed by atoms with Crippen LogP contribution in [-0.4, -0.2) is 49.4 Å². The van der Waals surface area contributed by atoms with Crippen molar-refractivity contribution in [2.75, 3.05) is 37.7 Å². The monoisotopic (exact) mass is 424 g/mol. The van der Waals surface area contributed by atoms with Crippen molar-refractivity contribution in [2.45, 2.75) is 13.1 Å². The lowest BCUT2D eigenvalue weighted by atomic mass is 10.1. The molecule has 1 saturated heterocycles. The highest BCUT2D eigenvalue weighted by Gasteiger charge is 2.34. The summed E-state index contributed by atoms with van der Waals surface area (Å²) in [4.78, 5) is 26.9. The Labute approximate surface area is 170 Å². The van der Waals surface area contributed by atoms with Crippen LogP contribution in [0.4, 0.5) is 23.2 Å². The molecule has 2 aromatic rings. The molecule has 5 nitrogen and oxygen atoms in total. The van der Waals surface area contributed by atoms with E-state index in [1.165, 1.54) is 42.2 Å². The van der Waals surface area contributed by atoms with Crippen LogP contribution in [0.15, 0.2) is 42.5 Å². The van der Waals surface area contributed by atoms with Gasteiger partial charge in [-0.2, -0.15) is 13.2 Å². The first-order valence-corrected chi connectivity index (χ1v) is 9.29. The molecule has 3 rings (SSSR count). The number of ketones is 1. The van der Waals surface area contributed by atoms with Crippen LogP contribution >= 0.6 is 0 Å². The van der Waals surface area contributed by atoms with Gasteiger partial charge in [0.15, 0.2) is 12.4 Å². The SMILES string of the molecule is CC(=O)c1ccc(N2CCN(C(=O)COc3ccccc3C(F)(F)F)CC2)c(F)c1. The van der Waals surface area contributed by atoms with E-state index in [0.29, 0.717) is 18.8 Å². The Hall–Kier alpha value is -3.10. The molecule has 0 N–H and O–H groups in total. The van der Waals surface area contributed by atoms with Crippen molar-refractivity contribution in [1.82, 2.24) is 4.90 Å². The summed E-state index contributed by atoms with van der Waals surface area (Å²) in [5, 5.41) is 0. The number of nitrogens with zero attached hydrogens (tertiary/aromatic N) is 2. The smallest absolute Gasteiger partial charge is 0.419 e. The molecule has 0 radical (unpaired) electrons. The maximum absolute atomic E-state index is 14.3. The number of halogens is 4. The zero-order valence-corrected chi connectivity index (χ0v) is 16.2.